The molecule has 0 spiro atoms. The minimum absolute atomic E-state index is 0.0434. The molecular formula is C14H21NO2S. The van der Waals surface area contributed by atoms with Crippen LogP contribution in [-0.4, -0.2) is 23.7 Å². The molecule has 1 aliphatic carbocycles. The number of hydrogen-bond acceptors (Lipinski definition) is 3. The maximum absolute atomic E-state index is 12.0. The van der Waals surface area contributed by atoms with E-state index in [1.54, 1.807) is 0 Å². The molecule has 1 saturated carbocycles. The molecule has 1 amide bonds. The summed E-state index contributed by atoms with van der Waals surface area (Å²) in [6, 6.07) is 2.02. The van der Waals surface area contributed by atoms with E-state index < -0.39 is 0 Å². The first kappa shape index (κ1) is 13.6. The summed E-state index contributed by atoms with van der Waals surface area (Å²) in [4.78, 5) is 12.9. The second kappa shape index (κ2) is 6.34. The Balaban J connectivity index is 1.84. The van der Waals surface area contributed by atoms with Crippen molar-refractivity contribution in [1.82, 2.24) is 5.32 Å². The van der Waals surface area contributed by atoms with E-state index in [4.69, 9.17) is 0 Å². The normalized spacial score (nSPS) is 23.9. The number of hydrogen-bond donors (Lipinski definition) is 2. The molecule has 1 heterocycles. The number of amides is 1. The standard InChI is InChI=1S/C14H21NO2S/c1-2-11-6-7-18-13(11)14(17)15-9-10-4-3-5-12(16)8-10/h6-7,10,12,16H,2-5,8-9H2,1H3,(H,15,17). The van der Waals surface area contributed by atoms with Crippen molar-refractivity contribution in [3.05, 3.63) is 21.9 Å². The largest absolute Gasteiger partial charge is 0.393 e. The SMILES string of the molecule is CCc1ccsc1C(=O)NCC1CCCC(O)C1. The van der Waals surface area contributed by atoms with Crippen LogP contribution in [-0.2, 0) is 6.42 Å². The third-order valence-corrected chi connectivity index (χ3v) is 4.60. The summed E-state index contributed by atoms with van der Waals surface area (Å²) >= 11 is 1.51. The summed E-state index contributed by atoms with van der Waals surface area (Å²) in [7, 11) is 0. The Morgan fingerprint density at radius 3 is 3.11 bits per heavy atom. The monoisotopic (exact) mass is 267 g/mol. The maximum atomic E-state index is 12.0. The average molecular weight is 267 g/mol. The smallest absolute Gasteiger partial charge is 0.261 e. The first-order chi connectivity index (χ1) is 8.70. The lowest BCUT2D eigenvalue weighted by Gasteiger charge is -2.25. The van der Waals surface area contributed by atoms with E-state index in [1.807, 2.05) is 11.4 Å². The van der Waals surface area contributed by atoms with E-state index >= 15 is 0 Å². The zero-order chi connectivity index (χ0) is 13.0. The van der Waals surface area contributed by atoms with Gasteiger partial charge in [-0.05, 0) is 48.6 Å². The molecule has 1 fully saturated rings. The molecule has 1 aromatic rings. The molecule has 18 heavy (non-hydrogen) atoms. The van der Waals surface area contributed by atoms with Crippen LogP contribution in [0, 0.1) is 5.92 Å². The van der Waals surface area contributed by atoms with Crippen molar-refractivity contribution in [3.8, 4) is 0 Å². The molecule has 0 aromatic carbocycles. The lowest BCUT2D eigenvalue weighted by molar-refractivity contribution is 0.0876. The third-order valence-electron chi connectivity index (χ3n) is 3.64. The second-order valence-electron chi connectivity index (χ2n) is 5.02. The molecule has 0 aliphatic heterocycles. The van der Waals surface area contributed by atoms with Gasteiger partial charge in [-0.2, -0.15) is 0 Å². The van der Waals surface area contributed by atoms with Gasteiger partial charge in [0.2, 0.25) is 0 Å². The fraction of sp³-hybridized carbons (Fsp3) is 0.643. The van der Waals surface area contributed by atoms with Crippen LogP contribution in [0.15, 0.2) is 11.4 Å². The number of nitrogens with one attached hydrogen (secondary N) is 1. The Hall–Kier alpha value is -0.870. The van der Waals surface area contributed by atoms with Crippen LogP contribution in [0.25, 0.3) is 0 Å². The molecule has 0 bridgehead atoms. The number of thiophene rings is 1. The van der Waals surface area contributed by atoms with Crippen LogP contribution in [0.5, 0.6) is 0 Å². The maximum Gasteiger partial charge on any atom is 0.261 e. The summed E-state index contributed by atoms with van der Waals surface area (Å²) in [5, 5.41) is 14.6. The summed E-state index contributed by atoms with van der Waals surface area (Å²) in [5.74, 6) is 0.477. The number of aliphatic hydroxyl groups excluding tert-OH is 1. The molecule has 2 rings (SSSR count). The van der Waals surface area contributed by atoms with Gasteiger partial charge in [-0.1, -0.05) is 13.3 Å². The van der Waals surface area contributed by atoms with Gasteiger partial charge in [0.1, 0.15) is 0 Å². The Morgan fingerprint density at radius 1 is 1.56 bits per heavy atom. The van der Waals surface area contributed by atoms with E-state index in [2.05, 4.69) is 12.2 Å². The number of carbonyl (C=O) groups is 1. The van der Waals surface area contributed by atoms with Gasteiger partial charge in [0.25, 0.3) is 5.91 Å². The lowest BCUT2D eigenvalue weighted by atomic mass is 9.87. The predicted octanol–water partition coefficient (Wildman–Crippen LogP) is 2.59. The van der Waals surface area contributed by atoms with Gasteiger partial charge in [0, 0.05) is 6.54 Å². The number of carbonyl (C=O) groups excluding carboxylic acids is 1. The fourth-order valence-electron chi connectivity index (χ4n) is 2.58. The van der Waals surface area contributed by atoms with Crippen molar-refractivity contribution >= 4 is 17.2 Å². The summed E-state index contributed by atoms with van der Waals surface area (Å²) < 4.78 is 0. The van der Waals surface area contributed by atoms with Gasteiger partial charge in [-0.3, -0.25) is 4.79 Å². The Morgan fingerprint density at radius 2 is 2.39 bits per heavy atom. The van der Waals surface area contributed by atoms with E-state index in [-0.39, 0.29) is 12.0 Å². The first-order valence-corrected chi connectivity index (χ1v) is 7.61. The Bertz CT molecular complexity index is 402. The van der Waals surface area contributed by atoms with Crippen LogP contribution in [0.2, 0.25) is 0 Å². The van der Waals surface area contributed by atoms with Crippen molar-refractivity contribution < 1.29 is 9.90 Å². The van der Waals surface area contributed by atoms with E-state index in [0.29, 0.717) is 12.5 Å². The molecule has 2 unspecified atom stereocenters. The summed E-state index contributed by atoms with van der Waals surface area (Å²) in [5.41, 5.74) is 1.13. The predicted molar refractivity (Wildman–Crippen MR) is 74.0 cm³/mol. The average Bonchev–Trinajstić information content (AvgIpc) is 2.84. The summed E-state index contributed by atoms with van der Waals surface area (Å²) in [6.45, 7) is 2.76. The topological polar surface area (TPSA) is 49.3 Å². The van der Waals surface area contributed by atoms with Crippen LogP contribution >= 0.6 is 11.3 Å². The number of aliphatic hydroxyl groups is 1. The zero-order valence-electron chi connectivity index (χ0n) is 10.8. The Labute approximate surface area is 112 Å². The van der Waals surface area contributed by atoms with Crippen LogP contribution in [0.3, 0.4) is 0 Å². The van der Waals surface area contributed by atoms with Crippen molar-refractivity contribution in [2.24, 2.45) is 5.92 Å². The molecule has 2 atom stereocenters. The zero-order valence-corrected chi connectivity index (χ0v) is 11.6. The van der Waals surface area contributed by atoms with Crippen LogP contribution < -0.4 is 5.32 Å². The number of aryl methyl sites for hydroxylation is 1. The van der Waals surface area contributed by atoms with Gasteiger partial charge in [0.05, 0.1) is 11.0 Å². The molecule has 1 aliphatic rings. The van der Waals surface area contributed by atoms with Crippen molar-refractivity contribution in [2.75, 3.05) is 6.54 Å². The quantitative estimate of drug-likeness (QED) is 0.881. The molecule has 100 valence electrons. The highest BCUT2D eigenvalue weighted by Crippen LogP contribution is 2.24. The molecule has 1 aromatic heterocycles. The van der Waals surface area contributed by atoms with Crippen molar-refractivity contribution in [3.63, 3.8) is 0 Å². The minimum atomic E-state index is -0.173. The van der Waals surface area contributed by atoms with Gasteiger partial charge in [0.15, 0.2) is 0 Å². The molecule has 3 nitrogen and oxygen atoms in total. The summed E-state index contributed by atoms with van der Waals surface area (Å²) in [6.07, 6.45) is 4.65. The van der Waals surface area contributed by atoms with Crippen LogP contribution in [0.1, 0.15) is 47.8 Å². The number of rotatable bonds is 4. The van der Waals surface area contributed by atoms with Gasteiger partial charge in [-0.15, -0.1) is 11.3 Å². The van der Waals surface area contributed by atoms with E-state index in [1.165, 1.54) is 11.3 Å². The first-order valence-electron chi connectivity index (χ1n) is 6.73. The van der Waals surface area contributed by atoms with Crippen molar-refractivity contribution in [1.29, 1.82) is 0 Å². The minimum Gasteiger partial charge on any atom is -0.393 e. The molecule has 2 N–H and O–H groups in total. The van der Waals surface area contributed by atoms with Gasteiger partial charge in [-0.25, -0.2) is 0 Å². The molecule has 0 saturated heterocycles. The second-order valence-corrected chi connectivity index (χ2v) is 5.94. The van der Waals surface area contributed by atoms with Crippen LogP contribution in [0.4, 0.5) is 0 Å². The van der Waals surface area contributed by atoms with Gasteiger partial charge < -0.3 is 10.4 Å². The lowest BCUT2D eigenvalue weighted by Crippen LogP contribution is -2.32. The van der Waals surface area contributed by atoms with Gasteiger partial charge >= 0.3 is 0 Å². The highest BCUT2D eigenvalue weighted by atomic mass is 32.1. The molecular weight excluding hydrogens is 246 g/mol. The van der Waals surface area contributed by atoms with E-state index in [0.717, 1.165) is 42.5 Å². The highest BCUT2D eigenvalue weighted by Gasteiger charge is 2.21. The third kappa shape index (κ3) is 3.33. The Kier molecular flexibility index (Phi) is 4.78. The highest BCUT2D eigenvalue weighted by molar-refractivity contribution is 7.12. The molecule has 0 radical (unpaired) electrons. The van der Waals surface area contributed by atoms with Crippen molar-refractivity contribution in [2.45, 2.75) is 45.1 Å². The fourth-order valence-corrected chi connectivity index (χ4v) is 3.49. The van der Waals surface area contributed by atoms with E-state index in [9.17, 15) is 9.90 Å². The molecule has 4 heteroatoms.